The highest BCUT2D eigenvalue weighted by Gasteiger charge is 2.48. The summed E-state index contributed by atoms with van der Waals surface area (Å²) in [5, 5.41) is 10.8. The predicted octanol–water partition coefficient (Wildman–Crippen LogP) is 5.67. The standard InChI is InChI=1S/C26H29N3O/c1-5-27-22-13-24-20(11-16(22)3)26(19-10-8-7-9-18(19)15-29-26)21-12-17(4)23(28-6-2)14-25(21)30-24/h7-14,27-29H,5-6,15H2,1-4H3. The van der Waals surface area contributed by atoms with Gasteiger partial charge in [-0.2, -0.15) is 0 Å². The van der Waals surface area contributed by atoms with E-state index in [9.17, 15) is 0 Å². The topological polar surface area (TPSA) is 45.3 Å². The molecule has 0 radical (unpaired) electrons. The summed E-state index contributed by atoms with van der Waals surface area (Å²) in [5.74, 6) is 1.83. The van der Waals surface area contributed by atoms with Gasteiger partial charge in [-0.15, -0.1) is 0 Å². The minimum atomic E-state index is -0.398. The van der Waals surface area contributed by atoms with Gasteiger partial charge in [0, 0.05) is 54.3 Å². The van der Waals surface area contributed by atoms with Crippen molar-refractivity contribution in [2.45, 2.75) is 39.8 Å². The van der Waals surface area contributed by atoms with Crippen LogP contribution >= 0.6 is 0 Å². The van der Waals surface area contributed by atoms with Crippen LogP contribution in [-0.4, -0.2) is 13.1 Å². The van der Waals surface area contributed by atoms with Crippen LogP contribution in [0.3, 0.4) is 0 Å². The van der Waals surface area contributed by atoms with E-state index in [4.69, 9.17) is 4.74 Å². The summed E-state index contributed by atoms with van der Waals surface area (Å²) < 4.78 is 6.54. The van der Waals surface area contributed by atoms with Gasteiger partial charge in [-0.3, -0.25) is 5.32 Å². The van der Waals surface area contributed by atoms with Crippen LogP contribution in [0.5, 0.6) is 11.5 Å². The first kappa shape index (κ1) is 19.0. The third kappa shape index (κ3) is 2.63. The lowest BCUT2D eigenvalue weighted by Crippen LogP contribution is -2.41. The second-order valence-electron chi connectivity index (χ2n) is 8.25. The van der Waals surface area contributed by atoms with Gasteiger partial charge in [-0.25, -0.2) is 0 Å². The fourth-order valence-electron chi connectivity index (χ4n) is 5.00. The molecule has 0 aromatic heterocycles. The van der Waals surface area contributed by atoms with Crippen molar-refractivity contribution in [1.82, 2.24) is 5.32 Å². The Morgan fingerprint density at radius 2 is 1.40 bits per heavy atom. The molecule has 30 heavy (non-hydrogen) atoms. The van der Waals surface area contributed by atoms with E-state index in [1.54, 1.807) is 0 Å². The quantitative estimate of drug-likeness (QED) is 0.529. The number of nitrogens with one attached hydrogen (secondary N) is 3. The van der Waals surface area contributed by atoms with Crippen LogP contribution in [-0.2, 0) is 12.1 Å². The molecule has 2 aliphatic heterocycles. The summed E-state index contributed by atoms with van der Waals surface area (Å²) >= 11 is 0. The Bertz CT molecular complexity index is 1070. The number of rotatable bonds is 4. The molecule has 0 fully saturated rings. The first-order valence-corrected chi connectivity index (χ1v) is 10.9. The van der Waals surface area contributed by atoms with Crippen molar-refractivity contribution in [3.05, 3.63) is 81.9 Å². The Balaban J connectivity index is 1.81. The SMILES string of the molecule is CCNc1cc2c(cc1C)C1(NCc3ccccc31)c1cc(C)c(NCC)cc1O2. The lowest BCUT2D eigenvalue weighted by atomic mass is 9.74. The van der Waals surface area contributed by atoms with Gasteiger partial charge in [0.05, 0.1) is 0 Å². The zero-order valence-electron chi connectivity index (χ0n) is 18.1. The van der Waals surface area contributed by atoms with E-state index in [1.165, 1.54) is 33.4 Å². The molecule has 3 aromatic carbocycles. The molecule has 4 nitrogen and oxygen atoms in total. The van der Waals surface area contributed by atoms with Crippen LogP contribution in [0.15, 0.2) is 48.5 Å². The fourth-order valence-corrected chi connectivity index (χ4v) is 5.00. The molecular weight excluding hydrogens is 370 g/mol. The molecule has 3 aromatic rings. The maximum atomic E-state index is 6.54. The van der Waals surface area contributed by atoms with Gasteiger partial charge in [0.2, 0.25) is 0 Å². The monoisotopic (exact) mass is 399 g/mol. The van der Waals surface area contributed by atoms with E-state index in [2.05, 4.69) is 92.2 Å². The normalized spacial score (nSPS) is 15.2. The van der Waals surface area contributed by atoms with Crippen molar-refractivity contribution in [2.24, 2.45) is 0 Å². The van der Waals surface area contributed by atoms with Crippen LogP contribution in [0.1, 0.15) is 47.2 Å². The van der Waals surface area contributed by atoms with Crippen LogP contribution in [0.25, 0.3) is 0 Å². The fraction of sp³-hybridized carbons (Fsp3) is 0.308. The van der Waals surface area contributed by atoms with Crippen molar-refractivity contribution < 1.29 is 4.74 Å². The van der Waals surface area contributed by atoms with Gasteiger partial charge >= 0.3 is 0 Å². The minimum absolute atomic E-state index is 0.398. The molecule has 0 saturated heterocycles. The minimum Gasteiger partial charge on any atom is -0.456 e. The Labute approximate surface area is 178 Å². The van der Waals surface area contributed by atoms with Gasteiger partial charge in [0.1, 0.15) is 17.0 Å². The van der Waals surface area contributed by atoms with E-state index < -0.39 is 5.54 Å². The summed E-state index contributed by atoms with van der Waals surface area (Å²) in [7, 11) is 0. The molecule has 3 N–H and O–H groups in total. The van der Waals surface area contributed by atoms with Crippen LogP contribution in [0.2, 0.25) is 0 Å². The van der Waals surface area contributed by atoms with E-state index >= 15 is 0 Å². The van der Waals surface area contributed by atoms with Crippen LogP contribution in [0, 0.1) is 13.8 Å². The van der Waals surface area contributed by atoms with Crippen molar-refractivity contribution >= 4 is 11.4 Å². The van der Waals surface area contributed by atoms with Crippen molar-refractivity contribution in [3.8, 4) is 11.5 Å². The first-order chi connectivity index (χ1) is 14.6. The third-order valence-electron chi connectivity index (χ3n) is 6.38. The van der Waals surface area contributed by atoms with Crippen LogP contribution < -0.4 is 20.7 Å². The molecule has 2 heterocycles. The second kappa shape index (κ2) is 7.06. The maximum absolute atomic E-state index is 6.54. The Hall–Kier alpha value is -2.98. The zero-order chi connectivity index (χ0) is 20.9. The summed E-state index contributed by atoms with van der Waals surface area (Å²) in [6.07, 6.45) is 0. The van der Waals surface area contributed by atoms with Crippen molar-refractivity contribution in [2.75, 3.05) is 23.7 Å². The third-order valence-corrected chi connectivity index (χ3v) is 6.38. The number of hydrogen-bond acceptors (Lipinski definition) is 4. The van der Waals surface area contributed by atoms with Gasteiger partial charge in [-0.1, -0.05) is 24.3 Å². The zero-order valence-corrected chi connectivity index (χ0v) is 18.1. The Kier molecular flexibility index (Phi) is 4.48. The number of benzene rings is 3. The molecule has 0 bridgehead atoms. The average molecular weight is 400 g/mol. The lowest BCUT2D eigenvalue weighted by Gasteiger charge is -2.39. The molecule has 0 amide bonds. The Morgan fingerprint density at radius 1 is 0.833 bits per heavy atom. The van der Waals surface area contributed by atoms with E-state index in [1.807, 2.05) is 0 Å². The van der Waals surface area contributed by atoms with Gasteiger partial charge in [-0.05, 0) is 62.1 Å². The molecule has 2 aliphatic rings. The average Bonchev–Trinajstić information content (AvgIpc) is 3.12. The summed E-state index contributed by atoms with van der Waals surface area (Å²) in [5.41, 5.74) is 9.36. The highest BCUT2D eigenvalue weighted by molar-refractivity contribution is 5.72. The molecule has 0 atom stereocenters. The molecule has 0 saturated carbocycles. The highest BCUT2D eigenvalue weighted by Crippen LogP contribution is 2.54. The van der Waals surface area contributed by atoms with Gasteiger partial charge in [0.15, 0.2) is 0 Å². The van der Waals surface area contributed by atoms with Crippen molar-refractivity contribution in [1.29, 1.82) is 0 Å². The maximum Gasteiger partial charge on any atom is 0.135 e. The summed E-state index contributed by atoms with van der Waals surface area (Å²) in [6, 6.07) is 17.7. The number of fused-ring (bicyclic) bond motifs is 6. The number of anilines is 2. The number of aryl methyl sites for hydroxylation is 2. The van der Waals surface area contributed by atoms with Gasteiger partial charge in [0.25, 0.3) is 0 Å². The van der Waals surface area contributed by atoms with E-state index in [0.29, 0.717) is 0 Å². The molecule has 4 heteroatoms. The molecule has 0 unspecified atom stereocenters. The summed E-state index contributed by atoms with van der Waals surface area (Å²) in [6.45, 7) is 11.2. The first-order valence-electron chi connectivity index (χ1n) is 10.9. The van der Waals surface area contributed by atoms with Gasteiger partial charge < -0.3 is 15.4 Å². The van der Waals surface area contributed by atoms with E-state index in [-0.39, 0.29) is 0 Å². The smallest absolute Gasteiger partial charge is 0.135 e. The molecule has 154 valence electrons. The predicted molar refractivity (Wildman–Crippen MR) is 124 cm³/mol. The largest absolute Gasteiger partial charge is 0.456 e. The van der Waals surface area contributed by atoms with Crippen LogP contribution in [0.4, 0.5) is 11.4 Å². The van der Waals surface area contributed by atoms with Crippen molar-refractivity contribution in [3.63, 3.8) is 0 Å². The molecular formula is C26H29N3O. The lowest BCUT2D eigenvalue weighted by molar-refractivity contribution is 0.393. The molecule has 0 aliphatic carbocycles. The number of ether oxygens (including phenoxy) is 1. The summed E-state index contributed by atoms with van der Waals surface area (Å²) in [4.78, 5) is 0. The molecule has 1 spiro atoms. The second-order valence-corrected chi connectivity index (χ2v) is 8.25. The van der Waals surface area contributed by atoms with E-state index in [0.717, 1.165) is 42.5 Å². The highest BCUT2D eigenvalue weighted by atomic mass is 16.5. The molecule has 5 rings (SSSR count). The Morgan fingerprint density at radius 3 is 1.97 bits per heavy atom. The number of hydrogen-bond donors (Lipinski definition) is 3.